The summed E-state index contributed by atoms with van der Waals surface area (Å²) in [5, 5.41) is 19.7. The van der Waals surface area contributed by atoms with Crippen LogP contribution in [0, 0.1) is 22.9 Å². The molecule has 0 atom stereocenters. The second-order valence-corrected chi connectivity index (χ2v) is 6.62. The zero-order chi connectivity index (χ0) is 16.4. The number of halogens is 1. The Morgan fingerprint density at radius 3 is 2.43 bits per heavy atom. The molecule has 1 aromatic carbocycles. The van der Waals surface area contributed by atoms with Gasteiger partial charge in [-0.1, -0.05) is 0 Å². The molecule has 0 amide bonds. The van der Waals surface area contributed by atoms with E-state index in [0.29, 0.717) is 6.07 Å². The van der Waals surface area contributed by atoms with Crippen molar-refractivity contribution in [3.05, 3.63) is 33.6 Å². The molecule has 0 radical (unpaired) electrons. The third kappa shape index (κ3) is 3.55. The van der Waals surface area contributed by atoms with Gasteiger partial charge in [-0.15, -0.1) is 0 Å². The number of nitro benzene ring substituents is 1. The van der Waals surface area contributed by atoms with Crippen molar-refractivity contribution in [3.63, 3.8) is 0 Å². The predicted molar refractivity (Wildman–Crippen MR) is 73.9 cm³/mol. The summed E-state index contributed by atoms with van der Waals surface area (Å²) >= 11 is 0. The van der Waals surface area contributed by atoms with Crippen LogP contribution < -0.4 is 0 Å². The van der Waals surface area contributed by atoms with Crippen LogP contribution in [0.5, 0.6) is 0 Å². The number of hydrogen-bond acceptors (Lipinski definition) is 5. The van der Waals surface area contributed by atoms with Crippen molar-refractivity contribution >= 4 is 15.7 Å². The molecule has 0 saturated carbocycles. The predicted octanol–water partition coefficient (Wildman–Crippen LogP) is 1.43. The van der Waals surface area contributed by atoms with E-state index in [4.69, 9.17) is 5.11 Å². The van der Waals surface area contributed by atoms with Crippen molar-refractivity contribution in [3.8, 4) is 0 Å². The highest BCUT2D eigenvalue weighted by Crippen LogP contribution is 2.28. The molecule has 9 heteroatoms. The number of nitro groups is 1. The van der Waals surface area contributed by atoms with Crippen LogP contribution in [0.15, 0.2) is 17.0 Å². The van der Waals surface area contributed by atoms with Crippen LogP contribution in [0.25, 0.3) is 0 Å². The molecule has 0 spiro atoms. The van der Waals surface area contributed by atoms with E-state index in [-0.39, 0.29) is 23.6 Å². The van der Waals surface area contributed by atoms with Gasteiger partial charge in [0.1, 0.15) is 0 Å². The number of hydrogen-bond donors (Lipinski definition) is 1. The molecule has 0 aliphatic rings. The van der Waals surface area contributed by atoms with Crippen molar-refractivity contribution in [2.45, 2.75) is 31.7 Å². The lowest BCUT2D eigenvalue weighted by atomic mass is 10.2. The largest absolute Gasteiger partial charge is 0.395 e. The zero-order valence-electron chi connectivity index (χ0n) is 11.9. The van der Waals surface area contributed by atoms with Crippen LogP contribution in [-0.4, -0.2) is 41.9 Å². The van der Waals surface area contributed by atoms with Crippen LogP contribution in [0.2, 0.25) is 0 Å². The van der Waals surface area contributed by atoms with E-state index in [9.17, 15) is 22.9 Å². The molecule has 7 nitrogen and oxygen atoms in total. The molecule has 0 aliphatic heterocycles. The van der Waals surface area contributed by atoms with Crippen LogP contribution >= 0.6 is 0 Å². The Morgan fingerprint density at radius 2 is 2.00 bits per heavy atom. The molecule has 1 aromatic rings. The summed E-state index contributed by atoms with van der Waals surface area (Å²) in [4.78, 5) is 9.45. The molecule has 0 saturated heterocycles. The van der Waals surface area contributed by atoms with Crippen molar-refractivity contribution < 1.29 is 22.8 Å². The zero-order valence-corrected chi connectivity index (χ0v) is 12.7. The fourth-order valence-corrected chi connectivity index (χ4v) is 3.80. The van der Waals surface area contributed by atoms with Gasteiger partial charge in [-0.05, 0) is 32.4 Å². The minimum atomic E-state index is -4.06. The molecule has 21 heavy (non-hydrogen) atoms. The molecule has 0 heterocycles. The van der Waals surface area contributed by atoms with E-state index in [1.165, 1.54) is 6.92 Å². The summed E-state index contributed by atoms with van der Waals surface area (Å²) in [6.07, 6.45) is 0. The SMILES string of the molecule is Cc1cc(F)c([N+](=O)[O-])cc1S(=O)(=O)N(CCO)C(C)C. The molecule has 118 valence electrons. The van der Waals surface area contributed by atoms with Crippen LogP contribution in [0.3, 0.4) is 0 Å². The molecular formula is C12H17FN2O5S. The number of nitrogens with zero attached hydrogens (tertiary/aromatic N) is 2. The summed E-state index contributed by atoms with van der Waals surface area (Å²) in [5.74, 6) is -1.09. The van der Waals surface area contributed by atoms with Gasteiger partial charge < -0.3 is 5.11 Å². The summed E-state index contributed by atoms with van der Waals surface area (Å²) in [5.41, 5.74) is -0.825. The van der Waals surface area contributed by atoms with Gasteiger partial charge >= 0.3 is 5.69 Å². The first-order valence-corrected chi connectivity index (χ1v) is 7.64. The lowest BCUT2D eigenvalue weighted by Gasteiger charge is -2.25. The fraction of sp³-hybridized carbons (Fsp3) is 0.500. The minimum Gasteiger partial charge on any atom is -0.395 e. The summed E-state index contributed by atoms with van der Waals surface area (Å²) < 4.78 is 39.6. The van der Waals surface area contributed by atoms with Gasteiger partial charge in [-0.25, -0.2) is 8.42 Å². The first kappa shape index (κ1) is 17.5. The topological polar surface area (TPSA) is 101 Å². The van der Waals surface area contributed by atoms with Gasteiger partial charge in [0, 0.05) is 18.7 Å². The van der Waals surface area contributed by atoms with Crippen molar-refractivity contribution in [2.75, 3.05) is 13.2 Å². The summed E-state index contributed by atoms with van der Waals surface area (Å²) in [6.45, 7) is 4.04. The third-order valence-corrected chi connectivity index (χ3v) is 5.14. The number of sulfonamides is 1. The smallest absolute Gasteiger partial charge is 0.306 e. The number of benzene rings is 1. The number of aliphatic hydroxyl groups is 1. The van der Waals surface area contributed by atoms with Crippen molar-refractivity contribution in [1.82, 2.24) is 4.31 Å². The normalized spacial score (nSPS) is 12.1. The Labute approximate surface area is 122 Å². The van der Waals surface area contributed by atoms with Gasteiger partial charge in [0.15, 0.2) is 0 Å². The molecule has 0 unspecified atom stereocenters. The maximum absolute atomic E-state index is 13.5. The minimum absolute atomic E-state index is 0.0710. The van der Waals surface area contributed by atoms with Gasteiger partial charge in [0.05, 0.1) is 16.4 Å². The average molecular weight is 320 g/mol. The second kappa shape index (κ2) is 6.46. The van der Waals surface area contributed by atoms with Crippen LogP contribution in [0.4, 0.5) is 10.1 Å². The van der Waals surface area contributed by atoms with Gasteiger partial charge in [-0.3, -0.25) is 10.1 Å². The molecule has 0 aromatic heterocycles. The first-order chi connectivity index (χ1) is 9.62. The Hall–Kier alpha value is -1.58. The number of aryl methyl sites for hydroxylation is 1. The maximum atomic E-state index is 13.5. The fourth-order valence-electron chi connectivity index (χ4n) is 1.94. The molecule has 0 bridgehead atoms. The van der Waals surface area contributed by atoms with E-state index in [1.807, 2.05) is 0 Å². The number of aliphatic hydroxyl groups excluding tert-OH is 1. The lowest BCUT2D eigenvalue weighted by Crippen LogP contribution is -2.39. The quantitative estimate of drug-likeness (QED) is 0.631. The summed E-state index contributed by atoms with van der Waals surface area (Å²) in [6, 6.07) is 1.08. The van der Waals surface area contributed by atoms with E-state index in [0.717, 1.165) is 10.4 Å². The summed E-state index contributed by atoms with van der Waals surface area (Å²) in [7, 11) is -4.06. The van der Waals surface area contributed by atoms with E-state index in [2.05, 4.69) is 0 Å². The van der Waals surface area contributed by atoms with Crippen molar-refractivity contribution in [2.24, 2.45) is 0 Å². The molecule has 1 rings (SSSR count). The monoisotopic (exact) mass is 320 g/mol. The Bertz CT molecular complexity index is 645. The Balaban J connectivity index is 3.50. The first-order valence-electron chi connectivity index (χ1n) is 6.20. The Kier molecular flexibility index (Phi) is 5.37. The highest BCUT2D eigenvalue weighted by Gasteiger charge is 2.31. The highest BCUT2D eigenvalue weighted by atomic mass is 32.2. The van der Waals surface area contributed by atoms with Gasteiger partial charge in [-0.2, -0.15) is 8.70 Å². The van der Waals surface area contributed by atoms with E-state index in [1.54, 1.807) is 13.8 Å². The standard InChI is InChI=1S/C12H17FN2O5S/c1-8(2)14(4-5-16)21(19,20)12-7-11(15(17)18)10(13)6-9(12)3/h6-8,16H,4-5H2,1-3H3. The molecule has 1 N–H and O–H groups in total. The Morgan fingerprint density at radius 1 is 1.43 bits per heavy atom. The number of rotatable bonds is 6. The van der Waals surface area contributed by atoms with Crippen LogP contribution in [0.1, 0.15) is 19.4 Å². The maximum Gasteiger partial charge on any atom is 0.306 e. The van der Waals surface area contributed by atoms with Gasteiger partial charge in [0.25, 0.3) is 0 Å². The molecule has 0 fully saturated rings. The molecule has 0 aliphatic carbocycles. The highest BCUT2D eigenvalue weighted by molar-refractivity contribution is 7.89. The van der Waals surface area contributed by atoms with Crippen LogP contribution in [-0.2, 0) is 10.0 Å². The third-order valence-electron chi connectivity index (χ3n) is 2.92. The average Bonchev–Trinajstić information content (AvgIpc) is 2.34. The lowest BCUT2D eigenvalue weighted by molar-refractivity contribution is -0.387. The second-order valence-electron chi connectivity index (χ2n) is 4.76. The van der Waals surface area contributed by atoms with E-state index >= 15 is 0 Å². The van der Waals surface area contributed by atoms with Gasteiger partial charge in [0.2, 0.25) is 15.8 Å². The van der Waals surface area contributed by atoms with Crippen molar-refractivity contribution in [1.29, 1.82) is 0 Å². The van der Waals surface area contributed by atoms with E-state index < -0.39 is 32.5 Å². The molecular weight excluding hydrogens is 303 g/mol.